The quantitative estimate of drug-likeness (QED) is 0.147. The number of hydrogen-bond acceptors (Lipinski definition) is 5. The standard InChI is InChI=1S/C44H61FN4O.C2H6/c1-11-19-32(4)20-14-15-21-33(5)25-29-50-44-35(7)40(34(6)39(13-3)36(8)46-27-24-38-22-18-28-48(38)9)30-41(45)43(44)49(10)31-37(12-2)42-23-16-17-26-47-42;1-2/h13-17,19-21,23,25-26,30,37-38,46H,6,8,11-12,18,22,24,27-29,31H2,1-5,7,9-10H3;1-2H3/b20-14-,21-15-,32-19+,33-25+,39-13+;. The zero-order valence-electron chi connectivity index (χ0n) is 34.0. The Morgan fingerprint density at radius 1 is 1.13 bits per heavy atom. The predicted octanol–water partition coefficient (Wildman–Crippen LogP) is 11.5. The van der Waals surface area contributed by atoms with E-state index in [2.05, 4.69) is 74.4 Å². The van der Waals surface area contributed by atoms with E-state index in [1.54, 1.807) is 6.07 Å². The molecule has 1 N–H and O–H groups in total. The maximum Gasteiger partial charge on any atom is 0.150 e. The number of nitrogens with zero attached hydrogens (tertiary/aromatic N) is 3. The number of pyridine rings is 1. The van der Waals surface area contributed by atoms with Gasteiger partial charge in [-0.05, 0) is 114 Å². The smallest absolute Gasteiger partial charge is 0.150 e. The molecule has 0 amide bonds. The van der Waals surface area contributed by atoms with Crippen molar-refractivity contribution >= 4 is 11.3 Å². The van der Waals surface area contributed by atoms with Gasteiger partial charge in [-0.2, -0.15) is 0 Å². The minimum atomic E-state index is -0.348. The molecule has 0 saturated carbocycles. The third kappa shape index (κ3) is 13.1. The van der Waals surface area contributed by atoms with Gasteiger partial charge < -0.3 is 19.9 Å². The van der Waals surface area contributed by atoms with Crippen LogP contribution in [0.3, 0.4) is 0 Å². The van der Waals surface area contributed by atoms with Crippen molar-refractivity contribution in [3.8, 4) is 5.75 Å². The van der Waals surface area contributed by atoms with Crippen LogP contribution >= 0.6 is 0 Å². The number of ether oxygens (including phenoxy) is 1. The highest BCUT2D eigenvalue weighted by molar-refractivity contribution is 5.85. The van der Waals surface area contributed by atoms with Gasteiger partial charge in [0.1, 0.15) is 18.0 Å². The molecule has 2 aromatic rings. The Morgan fingerprint density at radius 2 is 1.83 bits per heavy atom. The SMILES string of the molecule is C=C(NCCC1CCCN1C)/C(=C/C)C(=C)c1cc(F)c(N(C)CC(CC)c2ccccn2)c(OC/C=C(C)/C=C\C=C/C(C)=C/CC)c1C.CC. The monoisotopic (exact) mass is 711 g/mol. The van der Waals surface area contributed by atoms with Gasteiger partial charge in [0.2, 0.25) is 0 Å². The number of anilines is 1. The summed E-state index contributed by atoms with van der Waals surface area (Å²) in [7, 11) is 4.13. The van der Waals surface area contributed by atoms with Crippen molar-refractivity contribution in [1.29, 1.82) is 0 Å². The highest BCUT2D eigenvalue weighted by Crippen LogP contribution is 2.41. The molecule has 0 aliphatic carbocycles. The van der Waals surface area contributed by atoms with Gasteiger partial charge in [-0.1, -0.05) is 94.5 Å². The van der Waals surface area contributed by atoms with Crippen LogP contribution in [0.2, 0.25) is 0 Å². The normalized spacial score (nSPS) is 16.2. The second-order valence-corrected chi connectivity index (χ2v) is 13.4. The van der Waals surface area contributed by atoms with E-state index in [9.17, 15) is 0 Å². The summed E-state index contributed by atoms with van der Waals surface area (Å²) in [6.45, 7) is 28.1. The lowest BCUT2D eigenvalue weighted by Crippen LogP contribution is -2.29. The number of hydrogen-bond donors (Lipinski definition) is 1. The number of benzene rings is 1. The van der Waals surface area contributed by atoms with E-state index in [-0.39, 0.29) is 11.7 Å². The third-order valence-electron chi connectivity index (χ3n) is 9.67. The van der Waals surface area contributed by atoms with Crippen molar-refractivity contribution in [3.63, 3.8) is 0 Å². The second kappa shape index (κ2) is 23.4. The fourth-order valence-electron chi connectivity index (χ4n) is 6.66. The van der Waals surface area contributed by atoms with E-state index in [1.807, 2.05) is 95.3 Å². The van der Waals surface area contributed by atoms with E-state index >= 15 is 4.39 Å². The molecule has 5 nitrogen and oxygen atoms in total. The molecule has 3 rings (SSSR count). The van der Waals surface area contributed by atoms with E-state index in [0.29, 0.717) is 41.8 Å². The molecule has 1 fully saturated rings. The van der Waals surface area contributed by atoms with Crippen LogP contribution in [0.5, 0.6) is 5.75 Å². The maximum atomic E-state index is 16.5. The van der Waals surface area contributed by atoms with Crippen LogP contribution in [-0.2, 0) is 0 Å². The summed E-state index contributed by atoms with van der Waals surface area (Å²) in [5.41, 5.74) is 7.66. The van der Waals surface area contributed by atoms with Crippen molar-refractivity contribution in [3.05, 3.63) is 131 Å². The first kappa shape index (κ1) is 44.0. The highest BCUT2D eigenvalue weighted by Gasteiger charge is 2.25. The number of rotatable bonds is 19. The molecule has 1 aliphatic heterocycles. The molecule has 1 aliphatic rings. The summed E-state index contributed by atoms with van der Waals surface area (Å²) >= 11 is 0. The van der Waals surface area contributed by atoms with Gasteiger partial charge in [0, 0.05) is 55.2 Å². The zero-order chi connectivity index (χ0) is 38.6. The Kier molecular flexibility index (Phi) is 19.8. The number of aromatic nitrogens is 1. The van der Waals surface area contributed by atoms with Crippen molar-refractivity contribution < 1.29 is 9.13 Å². The van der Waals surface area contributed by atoms with Crippen LogP contribution < -0.4 is 15.0 Å². The lowest BCUT2D eigenvalue weighted by atomic mass is 9.92. The van der Waals surface area contributed by atoms with Crippen LogP contribution in [0.4, 0.5) is 10.1 Å². The molecule has 52 heavy (non-hydrogen) atoms. The molecular weight excluding hydrogens is 644 g/mol. The predicted molar refractivity (Wildman–Crippen MR) is 225 cm³/mol. The summed E-state index contributed by atoms with van der Waals surface area (Å²) in [5, 5.41) is 3.52. The van der Waals surface area contributed by atoms with Crippen LogP contribution in [0, 0.1) is 12.7 Å². The average molecular weight is 711 g/mol. The van der Waals surface area contributed by atoms with Gasteiger partial charge in [-0.3, -0.25) is 4.98 Å². The van der Waals surface area contributed by atoms with Gasteiger partial charge in [-0.25, -0.2) is 4.39 Å². The minimum absolute atomic E-state index is 0.132. The van der Waals surface area contributed by atoms with E-state index in [0.717, 1.165) is 60.5 Å². The molecule has 2 heterocycles. The molecule has 1 saturated heterocycles. The summed E-state index contributed by atoms with van der Waals surface area (Å²) < 4.78 is 23.0. The van der Waals surface area contributed by atoms with Gasteiger partial charge >= 0.3 is 0 Å². The van der Waals surface area contributed by atoms with Crippen molar-refractivity contribution in [2.24, 2.45) is 0 Å². The third-order valence-corrected chi connectivity index (χ3v) is 9.67. The fraction of sp³-hybridized carbons (Fsp3) is 0.457. The summed E-state index contributed by atoms with van der Waals surface area (Å²) in [4.78, 5) is 9.00. The van der Waals surface area contributed by atoms with Crippen LogP contribution in [0.25, 0.3) is 5.57 Å². The molecular formula is C46H67FN4O. The fourth-order valence-corrected chi connectivity index (χ4v) is 6.66. The molecule has 0 spiro atoms. The highest BCUT2D eigenvalue weighted by atomic mass is 19.1. The first-order valence-electron chi connectivity index (χ1n) is 19.3. The number of nitrogens with one attached hydrogen (secondary N) is 1. The number of halogens is 1. The van der Waals surface area contributed by atoms with E-state index in [4.69, 9.17) is 4.74 Å². The topological polar surface area (TPSA) is 40.6 Å². The van der Waals surface area contributed by atoms with E-state index in [1.165, 1.54) is 18.4 Å². The van der Waals surface area contributed by atoms with Crippen molar-refractivity contribution in [2.75, 3.05) is 45.2 Å². The number of likely N-dealkylation sites (tertiary alicyclic amines) is 1. The molecule has 1 aromatic heterocycles. The largest absolute Gasteiger partial charge is 0.487 e. The molecule has 0 bridgehead atoms. The summed E-state index contributed by atoms with van der Waals surface area (Å²) in [5.74, 6) is 0.304. The zero-order valence-corrected chi connectivity index (χ0v) is 34.0. The van der Waals surface area contributed by atoms with Gasteiger partial charge in [0.25, 0.3) is 0 Å². The number of likely N-dealkylation sites (N-methyl/N-ethyl adjacent to an activating group) is 1. The Morgan fingerprint density at radius 3 is 2.40 bits per heavy atom. The van der Waals surface area contributed by atoms with E-state index < -0.39 is 0 Å². The van der Waals surface area contributed by atoms with Crippen LogP contribution in [0.15, 0.2) is 109 Å². The lowest BCUT2D eigenvalue weighted by molar-refractivity contribution is 0.296. The molecule has 0 radical (unpaired) electrons. The van der Waals surface area contributed by atoms with Gasteiger partial charge in [-0.15, -0.1) is 0 Å². The Balaban J connectivity index is 0.00000460. The minimum Gasteiger partial charge on any atom is -0.487 e. The van der Waals surface area contributed by atoms with Gasteiger partial charge in [0.15, 0.2) is 5.82 Å². The lowest BCUT2D eigenvalue weighted by Gasteiger charge is -2.29. The number of allylic oxidation sites excluding steroid dienone is 9. The van der Waals surface area contributed by atoms with Crippen LogP contribution in [0.1, 0.15) is 103 Å². The maximum absolute atomic E-state index is 16.5. The molecule has 284 valence electrons. The summed E-state index contributed by atoms with van der Waals surface area (Å²) in [6, 6.07) is 8.16. The van der Waals surface area contributed by atoms with Crippen molar-refractivity contribution in [1.82, 2.24) is 15.2 Å². The summed E-state index contributed by atoms with van der Waals surface area (Å²) in [6.07, 6.45) is 21.7. The molecule has 1 aromatic carbocycles. The first-order valence-corrected chi connectivity index (χ1v) is 19.3. The average Bonchev–Trinajstić information content (AvgIpc) is 3.55. The molecule has 2 unspecified atom stereocenters. The second-order valence-electron chi connectivity index (χ2n) is 13.4. The Bertz CT molecular complexity index is 1580. The Hall–Kier alpha value is -4.16. The van der Waals surface area contributed by atoms with Crippen LogP contribution in [-0.4, -0.2) is 56.3 Å². The Labute approximate surface area is 316 Å². The van der Waals surface area contributed by atoms with Gasteiger partial charge in [0.05, 0.1) is 0 Å². The van der Waals surface area contributed by atoms with Crippen molar-refractivity contribution in [2.45, 2.75) is 99.5 Å². The first-order chi connectivity index (χ1) is 25.0. The molecule has 6 heteroatoms. The molecule has 2 atom stereocenters.